The Bertz CT molecular complexity index is 1050. The van der Waals surface area contributed by atoms with Crippen LogP contribution in [0.2, 0.25) is 0 Å². The van der Waals surface area contributed by atoms with Gasteiger partial charge in [0.15, 0.2) is 0 Å². The van der Waals surface area contributed by atoms with Gasteiger partial charge in [0, 0.05) is 44.9 Å². The summed E-state index contributed by atoms with van der Waals surface area (Å²) in [6, 6.07) is 14.2. The van der Waals surface area contributed by atoms with Crippen molar-refractivity contribution < 1.29 is 4.79 Å². The summed E-state index contributed by atoms with van der Waals surface area (Å²) < 4.78 is 0. The molecule has 3 heterocycles. The molecule has 2 aromatic heterocycles. The Morgan fingerprint density at radius 3 is 2.48 bits per heavy atom. The van der Waals surface area contributed by atoms with E-state index in [1.54, 1.807) is 12.5 Å². The second-order valence-corrected chi connectivity index (χ2v) is 7.96. The van der Waals surface area contributed by atoms with E-state index in [-0.39, 0.29) is 5.91 Å². The van der Waals surface area contributed by atoms with Crippen molar-refractivity contribution in [1.29, 1.82) is 0 Å². The zero-order valence-electron chi connectivity index (χ0n) is 18.1. The van der Waals surface area contributed by atoms with Crippen LogP contribution in [0.1, 0.15) is 23.1 Å². The summed E-state index contributed by atoms with van der Waals surface area (Å²) in [6.45, 7) is 7.04. The number of hydrogen-bond donors (Lipinski definition) is 1. The molecule has 7 nitrogen and oxygen atoms in total. The van der Waals surface area contributed by atoms with Crippen LogP contribution in [0.25, 0.3) is 0 Å². The van der Waals surface area contributed by atoms with Crippen molar-refractivity contribution in [2.75, 3.05) is 36.4 Å². The smallest absolute Gasteiger partial charge is 0.223 e. The van der Waals surface area contributed by atoms with Crippen LogP contribution in [0.4, 0.5) is 17.5 Å². The lowest BCUT2D eigenvalue weighted by Gasteiger charge is -2.35. The lowest BCUT2D eigenvalue weighted by Crippen LogP contribution is -2.49. The van der Waals surface area contributed by atoms with Crippen molar-refractivity contribution in [1.82, 2.24) is 19.9 Å². The quantitative estimate of drug-likeness (QED) is 0.663. The van der Waals surface area contributed by atoms with Crippen LogP contribution in [-0.2, 0) is 11.2 Å². The number of nitrogens with one attached hydrogen (secondary N) is 1. The molecule has 0 radical (unpaired) electrons. The van der Waals surface area contributed by atoms with E-state index in [1.165, 1.54) is 11.1 Å². The molecular weight excluding hydrogens is 388 g/mol. The Labute approximate surface area is 183 Å². The Kier molecular flexibility index (Phi) is 6.40. The van der Waals surface area contributed by atoms with Crippen LogP contribution < -0.4 is 10.2 Å². The standard InChI is InChI=1S/C24H28N6O/c1-18-4-3-5-20(14-18)6-7-24(31)30-12-10-29(11-13-30)23-16-22(26-17-27-23)28-21-15-19(2)8-9-25-21/h3-5,8-9,14-17H,6-7,10-13H2,1-2H3,(H,25,26,27,28). The van der Waals surface area contributed by atoms with Crippen LogP contribution in [0.15, 0.2) is 55.0 Å². The van der Waals surface area contributed by atoms with Gasteiger partial charge in [-0.2, -0.15) is 0 Å². The number of hydrogen-bond acceptors (Lipinski definition) is 6. The van der Waals surface area contributed by atoms with Gasteiger partial charge in [-0.3, -0.25) is 4.79 Å². The van der Waals surface area contributed by atoms with Crippen LogP contribution in [0.3, 0.4) is 0 Å². The molecule has 1 amide bonds. The van der Waals surface area contributed by atoms with Crippen molar-refractivity contribution >= 4 is 23.4 Å². The van der Waals surface area contributed by atoms with E-state index in [0.29, 0.717) is 25.3 Å². The van der Waals surface area contributed by atoms with Crippen molar-refractivity contribution in [3.05, 3.63) is 71.7 Å². The molecular formula is C24H28N6O. The average molecular weight is 417 g/mol. The topological polar surface area (TPSA) is 74.2 Å². The number of aryl methyl sites for hydroxylation is 3. The number of nitrogens with zero attached hydrogens (tertiary/aromatic N) is 5. The maximum atomic E-state index is 12.6. The molecule has 0 atom stereocenters. The number of rotatable bonds is 6. The van der Waals surface area contributed by atoms with E-state index in [4.69, 9.17) is 0 Å². The van der Waals surface area contributed by atoms with Crippen LogP contribution in [0.5, 0.6) is 0 Å². The number of aromatic nitrogens is 3. The van der Waals surface area contributed by atoms with Gasteiger partial charge in [0.05, 0.1) is 0 Å². The van der Waals surface area contributed by atoms with E-state index >= 15 is 0 Å². The summed E-state index contributed by atoms with van der Waals surface area (Å²) in [5, 5.41) is 3.23. The van der Waals surface area contributed by atoms with Crippen LogP contribution >= 0.6 is 0 Å². The maximum absolute atomic E-state index is 12.6. The summed E-state index contributed by atoms with van der Waals surface area (Å²) in [7, 11) is 0. The van der Waals surface area contributed by atoms with Crippen molar-refractivity contribution in [2.24, 2.45) is 0 Å². The number of anilines is 3. The number of amides is 1. The fourth-order valence-electron chi connectivity index (χ4n) is 3.79. The average Bonchev–Trinajstić information content (AvgIpc) is 2.78. The number of carbonyl (C=O) groups is 1. The number of carbonyl (C=O) groups excluding carboxylic acids is 1. The SMILES string of the molecule is Cc1cccc(CCC(=O)N2CCN(c3cc(Nc4cc(C)ccn4)ncn3)CC2)c1. The molecule has 0 saturated carbocycles. The van der Waals surface area contributed by atoms with Crippen molar-refractivity contribution in [2.45, 2.75) is 26.7 Å². The van der Waals surface area contributed by atoms with E-state index in [1.807, 2.05) is 36.1 Å². The number of piperazine rings is 1. The molecule has 3 aromatic rings. The van der Waals surface area contributed by atoms with Gasteiger partial charge in [-0.1, -0.05) is 29.8 Å². The summed E-state index contributed by atoms with van der Waals surface area (Å²) in [4.78, 5) is 29.9. The predicted molar refractivity (Wildman–Crippen MR) is 123 cm³/mol. The Morgan fingerprint density at radius 1 is 0.935 bits per heavy atom. The molecule has 0 aliphatic carbocycles. The summed E-state index contributed by atoms with van der Waals surface area (Å²) in [5.74, 6) is 2.54. The highest BCUT2D eigenvalue weighted by atomic mass is 16.2. The van der Waals surface area contributed by atoms with Crippen LogP contribution in [-0.4, -0.2) is 51.9 Å². The molecule has 1 aliphatic rings. The molecule has 0 spiro atoms. The minimum absolute atomic E-state index is 0.219. The molecule has 1 N–H and O–H groups in total. The molecule has 1 fully saturated rings. The third-order valence-corrected chi connectivity index (χ3v) is 5.49. The Hall–Kier alpha value is -3.48. The summed E-state index contributed by atoms with van der Waals surface area (Å²) >= 11 is 0. The monoisotopic (exact) mass is 416 g/mol. The summed E-state index contributed by atoms with van der Waals surface area (Å²) in [6.07, 6.45) is 4.67. The molecule has 31 heavy (non-hydrogen) atoms. The first-order valence-electron chi connectivity index (χ1n) is 10.7. The van der Waals surface area contributed by atoms with Gasteiger partial charge in [-0.05, 0) is 43.5 Å². The molecule has 0 bridgehead atoms. The molecule has 0 unspecified atom stereocenters. The van der Waals surface area contributed by atoms with Gasteiger partial charge in [0.1, 0.15) is 23.8 Å². The highest BCUT2D eigenvalue weighted by Gasteiger charge is 2.22. The summed E-state index contributed by atoms with van der Waals surface area (Å²) in [5.41, 5.74) is 3.58. The van der Waals surface area contributed by atoms with E-state index in [2.05, 4.69) is 50.3 Å². The zero-order valence-corrected chi connectivity index (χ0v) is 18.1. The van der Waals surface area contributed by atoms with Gasteiger partial charge in [0.2, 0.25) is 5.91 Å². The molecule has 160 valence electrons. The van der Waals surface area contributed by atoms with E-state index in [0.717, 1.165) is 36.7 Å². The predicted octanol–water partition coefficient (Wildman–Crippen LogP) is 3.51. The van der Waals surface area contributed by atoms with E-state index < -0.39 is 0 Å². The number of pyridine rings is 1. The molecule has 1 aromatic carbocycles. The normalized spacial score (nSPS) is 13.9. The Morgan fingerprint density at radius 2 is 1.71 bits per heavy atom. The van der Waals surface area contributed by atoms with Gasteiger partial charge in [0.25, 0.3) is 0 Å². The fourth-order valence-corrected chi connectivity index (χ4v) is 3.79. The van der Waals surface area contributed by atoms with Gasteiger partial charge in [-0.15, -0.1) is 0 Å². The second kappa shape index (κ2) is 9.55. The molecule has 1 aliphatic heterocycles. The van der Waals surface area contributed by atoms with E-state index in [9.17, 15) is 4.79 Å². The minimum atomic E-state index is 0.219. The number of benzene rings is 1. The van der Waals surface area contributed by atoms with Gasteiger partial charge >= 0.3 is 0 Å². The third kappa shape index (κ3) is 5.57. The highest BCUT2D eigenvalue weighted by Crippen LogP contribution is 2.19. The lowest BCUT2D eigenvalue weighted by atomic mass is 10.1. The van der Waals surface area contributed by atoms with Gasteiger partial charge < -0.3 is 15.1 Å². The van der Waals surface area contributed by atoms with Crippen LogP contribution in [0, 0.1) is 13.8 Å². The van der Waals surface area contributed by atoms with Gasteiger partial charge in [-0.25, -0.2) is 15.0 Å². The molecule has 7 heteroatoms. The first kappa shape index (κ1) is 20.8. The first-order valence-corrected chi connectivity index (χ1v) is 10.7. The maximum Gasteiger partial charge on any atom is 0.223 e. The second-order valence-electron chi connectivity index (χ2n) is 7.96. The zero-order chi connectivity index (χ0) is 21.6. The fraction of sp³-hybridized carbons (Fsp3) is 0.333. The minimum Gasteiger partial charge on any atom is -0.353 e. The van der Waals surface area contributed by atoms with Crippen molar-refractivity contribution in [3.8, 4) is 0 Å². The lowest BCUT2D eigenvalue weighted by molar-refractivity contribution is -0.131. The first-order chi connectivity index (χ1) is 15.1. The Balaban J connectivity index is 1.30. The highest BCUT2D eigenvalue weighted by molar-refractivity contribution is 5.76. The molecule has 4 rings (SSSR count). The largest absolute Gasteiger partial charge is 0.353 e. The van der Waals surface area contributed by atoms with Crippen molar-refractivity contribution in [3.63, 3.8) is 0 Å². The third-order valence-electron chi connectivity index (χ3n) is 5.49. The molecule has 1 saturated heterocycles.